The van der Waals surface area contributed by atoms with E-state index < -0.39 is 8.07 Å². The fraction of sp³-hybridized carbons (Fsp3) is 0.607. The van der Waals surface area contributed by atoms with Crippen molar-refractivity contribution in [2.45, 2.75) is 97.4 Å². The molecule has 1 fully saturated rings. The van der Waals surface area contributed by atoms with E-state index in [1.165, 1.54) is 12.0 Å². The number of benzene rings is 1. The molecule has 0 unspecified atom stereocenters. The van der Waals surface area contributed by atoms with Gasteiger partial charge in [-0.1, -0.05) is 82.7 Å². The maximum atomic E-state index is 12.7. The Morgan fingerprint density at radius 1 is 1.19 bits per heavy atom. The van der Waals surface area contributed by atoms with Crippen LogP contribution >= 0.6 is 0 Å². The van der Waals surface area contributed by atoms with Crippen LogP contribution in [0.15, 0.2) is 42.0 Å². The van der Waals surface area contributed by atoms with Gasteiger partial charge in [0.1, 0.15) is 14.2 Å². The highest BCUT2D eigenvalue weighted by molar-refractivity contribution is 6.83. The normalized spacial score (nSPS) is 22.4. The zero-order valence-electron chi connectivity index (χ0n) is 20.8. The molecule has 0 N–H and O–H groups in total. The lowest BCUT2D eigenvalue weighted by Gasteiger charge is -2.43. The van der Waals surface area contributed by atoms with Gasteiger partial charge in [0.2, 0.25) is 0 Å². The van der Waals surface area contributed by atoms with Crippen LogP contribution in [-0.2, 0) is 14.9 Å². The second kappa shape index (κ2) is 11.2. The molecule has 0 amide bonds. The lowest BCUT2D eigenvalue weighted by molar-refractivity contribution is -0.150. The van der Waals surface area contributed by atoms with E-state index in [1.54, 1.807) is 6.08 Å². The van der Waals surface area contributed by atoms with Crippen molar-refractivity contribution in [1.82, 2.24) is 0 Å². The van der Waals surface area contributed by atoms with Gasteiger partial charge in [-0.05, 0) is 49.5 Å². The number of unbranched alkanes of at least 4 members (excludes halogenated alkanes) is 1. The lowest BCUT2D eigenvalue weighted by atomic mass is 9.64. The highest BCUT2D eigenvalue weighted by Crippen LogP contribution is 2.43. The lowest BCUT2D eigenvalue weighted by Crippen LogP contribution is -2.43. The monoisotopic (exact) mass is 438 g/mol. The third kappa shape index (κ3) is 8.34. The van der Waals surface area contributed by atoms with Crippen LogP contribution in [0.5, 0.6) is 0 Å². The molecule has 0 spiro atoms. The molecule has 0 radical (unpaired) electrons. The number of esters is 1. The van der Waals surface area contributed by atoms with E-state index in [-0.39, 0.29) is 17.5 Å². The van der Waals surface area contributed by atoms with Crippen LogP contribution < -0.4 is 0 Å². The summed E-state index contributed by atoms with van der Waals surface area (Å²) in [5.74, 6) is 4.06. The van der Waals surface area contributed by atoms with Gasteiger partial charge in [-0.25, -0.2) is 4.79 Å². The minimum Gasteiger partial charge on any atom is -0.459 e. The second-order valence-electron chi connectivity index (χ2n) is 11.0. The smallest absolute Gasteiger partial charge is 0.330 e. The summed E-state index contributed by atoms with van der Waals surface area (Å²) in [6.45, 7) is 15.7. The van der Waals surface area contributed by atoms with E-state index in [2.05, 4.69) is 82.2 Å². The number of hydrogen-bond donors (Lipinski definition) is 0. The molecule has 3 atom stereocenters. The van der Waals surface area contributed by atoms with Gasteiger partial charge in [0.25, 0.3) is 0 Å². The van der Waals surface area contributed by atoms with Crippen molar-refractivity contribution in [3.05, 3.63) is 47.5 Å². The summed E-state index contributed by atoms with van der Waals surface area (Å²) in [6.07, 6.45) is 7.72. The third-order valence-electron chi connectivity index (χ3n) is 6.47. The Balaban J connectivity index is 1.99. The molecule has 1 aromatic rings. The topological polar surface area (TPSA) is 26.3 Å². The zero-order chi connectivity index (χ0) is 23.1. The molecular formula is C28H42O2Si. The summed E-state index contributed by atoms with van der Waals surface area (Å²) in [5, 5.41) is 0. The van der Waals surface area contributed by atoms with Crippen LogP contribution in [0.25, 0.3) is 0 Å². The molecule has 1 saturated carbocycles. The van der Waals surface area contributed by atoms with Crippen molar-refractivity contribution < 1.29 is 9.53 Å². The van der Waals surface area contributed by atoms with Crippen molar-refractivity contribution in [3.8, 4) is 11.5 Å². The van der Waals surface area contributed by atoms with Crippen LogP contribution in [0.2, 0.25) is 19.6 Å². The quantitative estimate of drug-likeness (QED) is 0.147. The Bertz CT molecular complexity index is 805. The number of hydrogen-bond acceptors (Lipinski definition) is 2. The summed E-state index contributed by atoms with van der Waals surface area (Å²) >= 11 is 0. The van der Waals surface area contributed by atoms with E-state index in [9.17, 15) is 4.79 Å². The standard InChI is InChI=1S/C28H42O2Si/c1-22(14-10-9-13-19-31(5,6)7)21-27(29)30-26-20-23(2)17-18-25(26)28(3,4)24-15-11-8-12-16-24/h8,11-12,15-16,21,23,25-26H,9-10,14,17-18,20H2,1-7H3/b22-21+/t23-,25-,26-/m1/s1. The molecule has 2 nitrogen and oxygen atoms in total. The Kier molecular flexibility index (Phi) is 9.19. The molecule has 0 aromatic heterocycles. The van der Waals surface area contributed by atoms with Crippen LogP contribution in [0, 0.1) is 23.3 Å². The minimum absolute atomic E-state index is 0.0276. The van der Waals surface area contributed by atoms with Crippen molar-refractivity contribution in [2.24, 2.45) is 11.8 Å². The fourth-order valence-corrected chi connectivity index (χ4v) is 5.26. The molecule has 1 aromatic carbocycles. The minimum atomic E-state index is -1.29. The summed E-state index contributed by atoms with van der Waals surface area (Å²) in [5.41, 5.74) is 5.78. The van der Waals surface area contributed by atoms with Gasteiger partial charge in [0.15, 0.2) is 0 Å². The number of allylic oxidation sites excluding steroid dienone is 1. The molecule has 1 aliphatic rings. The summed E-state index contributed by atoms with van der Waals surface area (Å²) in [6, 6.07) is 10.7. The number of rotatable bonds is 7. The number of carbonyl (C=O) groups is 1. The molecule has 0 bridgehead atoms. The maximum absolute atomic E-state index is 12.7. The van der Waals surface area contributed by atoms with Crippen LogP contribution in [0.4, 0.5) is 0 Å². The van der Waals surface area contributed by atoms with Gasteiger partial charge in [-0.3, -0.25) is 0 Å². The summed E-state index contributed by atoms with van der Waals surface area (Å²) < 4.78 is 6.09. The molecule has 2 rings (SSSR count). The maximum Gasteiger partial charge on any atom is 0.330 e. The van der Waals surface area contributed by atoms with Crippen LogP contribution in [-0.4, -0.2) is 20.1 Å². The van der Waals surface area contributed by atoms with Crippen molar-refractivity contribution in [1.29, 1.82) is 0 Å². The Morgan fingerprint density at radius 2 is 1.87 bits per heavy atom. The summed E-state index contributed by atoms with van der Waals surface area (Å²) in [4.78, 5) is 12.7. The molecule has 3 heteroatoms. The predicted octanol–water partition coefficient (Wildman–Crippen LogP) is 7.31. The molecule has 1 aliphatic carbocycles. The van der Waals surface area contributed by atoms with Gasteiger partial charge in [-0.15, -0.1) is 11.5 Å². The second-order valence-corrected chi connectivity index (χ2v) is 15.7. The first-order chi connectivity index (χ1) is 14.5. The highest BCUT2D eigenvalue weighted by Gasteiger charge is 2.41. The molecular weight excluding hydrogens is 396 g/mol. The average Bonchev–Trinajstić information content (AvgIpc) is 2.67. The zero-order valence-corrected chi connectivity index (χ0v) is 21.8. The fourth-order valence-electron chi connectivity index (χ4n) is 4.61. The van der Waals surface area contributed by atoms with Gasteiger partial charge in [0.05, 0.1) is 0 Å². The molecule has 0 heterocycles. The van der Waals surface area contributed by atoms with E-state index in [4.69, 9.17) is 4.74 Å². The van der Waals surface area contributed by atoms with Crippen LogP contribution in [0.1, 0.15) is 71.8 Å². The van der Waals surface area contributed by atoms with Crippen molar-refractivity contribution in [2.75, 3.05) is 0 Å². The van der Waals surface area contributed by atoms with E-state index in [1.807, 2.05) is 6.92 Å². The van der Waals surface area contributed by atoms with E-state index in [0.717, 1.165) is 37.7 Å². The predicted molar refractivity (Wildman–Crippen MR) is 135 cm³/mol. The first-order valence-corrected chi connectivity index (χ1v) is 15.4. The molecule has 170 valence electrons. The van der Waals surface area contributed by atoms with E-state index >= 15 is 0 Å². The van der Waals surface area contributed by atoms with Crippen molar-refractivity contribution in [3.63, 3.8) is 0 Å². The Morgan fingerprint density at radius 3 is 2.52 bits per heavy atom. The van der Waals surface area contributed by atoms with Crippen molar-refractivity contribution >= 4 is 14.0 Å². The SMILES string of the molecule is C/C(=C\C(=O)O[C@@H]1C[C@H](C)CC[C@H]1C(C)(C)c1ccccc1)CCCC#C[Si](C)(C)C. The first kappa shape index (κ1) is 25.5. The van der Waals surface area contributed by atoms with E-state index in [0.29, 0.717) is 11.8 Å². The van der Waals surface area contributed by atoms with Gasteiger partial charge in [0, 0.05) is 18.4 Å². The first-order valence-electron chi connectivity index (χ1n) is 11.9. The molecule has 0 aliphatic heterocycles. The molecule has 0 saturated heterocycles. The van der Waals surface area contributed by atoms with Gasteiger partial charge < -0.3 is 4.74 Å². The Hall–Kier alpha value is -1.79. The van der Waals surface area contributed by atoms with Gasteiger partial charge >= 0.3 is 5.97 Å². The van der Waals surface area contributed by atoms with Crippen LogP contribution in [0.3, 0.4) is 0 Å². The number of carbonyl (C=O) groups excluding carboxylic acids is 1. The highest BCUT2D eigenvalue weighted by atomic mass is 28.3. The summed E-state index contributed by atoms with van der Waals surface area (Å²) in [7, 11) is -1.29. The third-order valence-corrected chi connectivity index (χ3v) is 7.39. The largest absolute Gasteiger partial charge is 0.459 e. The molecule has 31 heavy (non-hydrogen) atoms. The number of ether oxygens (including phenoxy) is 1. The average molecular weight is 439 g/mol. The van der Waals surface area contributed by atoms with Gasteiger partial charge in [-0.2, -0.15) is 0 Å². The Labute approximate surface area is 191 Å².